The van der Waals surface area contributed by atoms with E-state index in [9.17, 15) is 4.79 Å². The Labute approximate surface area is 163 Å². The van der Waals surface area contributed by atoms with Gasteiger partial charge in [0.2, 0.25) is 0 Å². The lowest BCUT2D eigenvalue weighted by Gasteiger charge is -2.40. The van der Waals surface area contributed by atoms with Gasteiger partial charge in [-0.1, -0.05) is 48.7 Å². The van der Waals surface area contributed by atoms with Crippen LogP contribution in [0.3, 0.4) is 0 Å². The van der Waals surface area contributed by atoms with Crippen LogP contribution >= 0.6 is 11.6 Å². The minimum absolute atomic E-state index is 0.0440. The van der Waals surface area contributed by atoms with Gasteiger partial charge in [-0.3, -0.25) is 0 Å². The second-order valence-corrected chi connectivity index (χ2v) is 7.99. The van der Waals surface area contributed by atoms with E-state index < -0.39 is 0 Å². The van der Waals surface area contributed by atoms with Crippen molar-refractivity contribution in [2.45, 2.75) is 52.4 Å². The van der Waals surface area contributed by atoms with Gasteiger partial charge in [-0.15, -0.1) is 0 Å². The first-order valence-electron chi connectivity index (χ1n) is 9.94. The summed E-state index contributed by atoms with van der Waals surface area (Å²) in [6.07, 6.45) is 8.82. The second kappa shape index (κ2) is 10.7. The molecule has 0 radical (unpaired) electrons. The Morgan fingerprint density at radius 3 is 2.65 bits per heavy atom. The number of nitrogens with zero attached hydrogens (tertiary/aromatic N) is 1. The Balaban J connectivity index is 1.98. The molecule has 1 aliphatic rings. The van der Waals surface area contributed by atoms with Crippen molar-refractivity contribution in [3.63, 3.8) is 0 Å². The Hall–Kier alpha value is -1.32. The van der Waals surface area contributed by atoms with Crippen LogP contribution < -0.4 is 0 Å². The Kier molecular flexibility index (Phi) is 8.67. The van der Waals surface area contributed by atoms with Crippen LogP contribution in [-0.2, 0) is 16.0 Å². The zero-order chi connectivity index (χ0) is 18.8. The summed E-state index contributed by atoms with van der Waals surface area (Å²) < 4.78 is 6.27. The van der Waals surface area contributed by atoms with Crippen LogP contribution in [0.5, 0.6) is 0 Å². The van der Waals surface area contributed by atoms with Gasteiger partial charge >= 0.3 is 5.97 Å². The zero-order valence-corrected chi connectivity index (χ0v) is 17.1. The molecule has 1 aromatic carbocycles. The molecule has 3 nitrogen and oxygen atoms in total. The van der Waals surface area contributed by atoms with Crippen molar-refractivity contribution >= 4 is 17.6 Å². The fraction of sp³-hybridized carbons (Fsp3) is 0.591. The molecule has 0 atom stereocenters. The third-order valence-electron chi connectivity index (χ3n) is 5.24. The van der Waals surface area contributed by atoms with E-state index in [4.69, 9.17) is 16.3 Å². The van der Waals surface area contributed by atoms with Crippen LogP contribution in [0.4, 0.5) is 0 Å². The molecule has 4 heteroatoms. The van der Waals surface area contributed by atoms with Gasteiger partial charge in [0.05, 0.1) is 26.2 Å². The molecule has 1 fully saturated rings. The highest BCUT2D eigenvalue weighted by molar-refractivity contribution is 6.31. The summed E-state index contributed by atoms with van der Waals surface area (Å²) >= 11 is 6.28. The average Bonchev–Trinajstić information content (AvgIpc) is 2.63. The minimum Gasteiger partial charge on any atom is -0.462 e. The molecule has 0 amide bonds. The lowest BCUT2D eigenvalue weighted by Crippen LogP contribution is -2.54. The predicted molar refractivity (Wildman–Crippen MR) is 108 cm³/mol. The largest absolute Gasteiger partial charge is 0.462 e. The maximum absolute atomic E-state index is 12.3. The van der Waals surface area contributed by atoms with Crippen molar-refractivity contribution in [1.82, 2.24) is 0 Å². The van der Waals surface area contributed by atoms with E-state index in [-0.39, 0.29) is 5.97 Å². The van der Waals surface area contributed by atoms with E-state index in [2.05, 4.69) is 26.0 Å². The fourth-order valence-electron chi connectivity index (χ4n) is 3.60. The molecule has 0 bridgehead atoms. The van der Waals surface area contributed by atoms with Crippen molar-refractivity contribution in [2.24, 2.45) is 0 Å². The molecule has 144 valence electrons. The summed E-state index contributed by atoms with van der Waals surface area (Å²) in [5, 5.41) is 0.821. The van der Waals surface area contributed by atoms with Gasteiger partial charge in [-0.05, 0) is 56.7 Å². The number of unbranched alkanes of at least 4 members (excludes halogenated alkanes) is 1. The first-order chi connectivity index (χ1) is 12.5. The number of esters is 1. The SMILES string of the molecule is CCCCOC(=O)C[N+]1(C/C=C(/C)Cc2ccccc2Cl)CCCCC1. The molecule has 26 heavy (non-hydrogen) atoms. The van der Waals surface area contributed by atoms with Gasteiger partial charge in [-0.2, -0.15) is 0 Å². The van der Waals surface area contributed by atoms with E-state index >= 15 is 0 Å². The summed E-state index contributed by atoms with van der Waals surface area (Å²) in [4.78, 5) is 12.3. The van der Waals surface area contributed by atoms with Gasteiger partial charge in [-0.25, -0.2) is 4.79 Å². The van der Waals surface area contributed by atoms with Crippen molar-refractivity contribution in [3.8, 4) is 0 Å². The van der Waals surface area contributed by atoms with Crippen molar-refractivity contribution in [1.29, 1.82) is 0 Å². The molecule has 0 saturated carbocycles. The number of benzene rings is 1. The molecule has 0 spiro atoms. The number of rotatable bonds is 9. The first-order valence-corrected chi connectivity index (χ1v) is 10.3. The Morgan fingerprint density at radius 2 is 1.96 bits per heavy atom. The first kappa shape index (κ1) is 21.0. The number of halogens is 1. The molecule has 2 rings (SSSR count). The van der Waals surface area contributed by atoms with Crippen LogP contribution in [0.15, 0.2) is 35.9 Å². The number of likely N-dealkylation sites (tertiary alicyclic amines) is 1. The summed E-state index contributed by atoms with van der Waals surface area (Å²) in [7, 11) is 0. The quantitative estimate of drug-likeness (QED) is 0.256. The number of hydrogen-bond acceptors (Lipinski definition) is 2. The van der Waals surface area contributed by atoms with E-state index in [1.807, 2.05) is 18.2 Å². The lowest BCUT2D eigenvalue weighted by atomic mass is 10.0. The van der Waals surface area contributed by atoms with Crippen molar-refractivity contribution in [2.75, 3.05) is 32.8 Å². The van der Waals surface area contributed by atoms with E-state index in [1.54, 1.807) is 0 Å². The van der Waals surface area contributed by atoms with Crippen LogP contribution in [0, 0.1) is 0 Å². The number of carbonyl (C=O) groups is 1. The van der Waals surface area contributed by atoms with Gasteiger partial charge < -0.3 is 9.22 Å². The van der Waals surface area contributed by atoms with Crippen LogP contribution in [0.1, 0.15) is 51.5 Å². The highest BCUT2D eigenvalue weighted by Crippen LogP contribution is 2.22. The summed E-state index contributed by atoms with van der Waals surface area (Å²) in [6.45, 7) is 8.36. The average molecular weight is 379 g/mol. The number of hydrogen-bond donors (Lipinski definition) is 0. The number of carbonyl (C=O) groups excluding carboxylic acids is 1. The molecule has 0 N–H and O–H groups in total. The van der Waals surface area contributed by atoms with Crippen LogP contribution in [0.25, 0.3) is 0 Å². The van der Waals surface area contributed by atoms with Gasteiger partial charge in [0.15, 0.2) is 6.54 Å². The molecular weight excluding hydrogens is 346 g/mol. The summed E-state index contributed by atoms with van der Waals surface area (Å²) in [5.41, 5.74) is 2.47. The molecule has 1 saturated heterocycles. The van der Waals surface area contributed by atoms with Crippen molar-refractivity contribution in [3.05, 3.63) is 46.5 Å². The maximum Gasteiger partial charge on any atom is 0.361 e. The van der Waals surface area contributed by atoms with E-state index in [0.29, 0.717) is 13.2 Å². The van der Waals surface area contributed by atoms with Gasteiger partial charge in [0, 0.05) is 5.02 Å². The number of quaternary nitrogens is 1. The smallest absolute Gasteiger partial charge is 0.361 e. The lowest BCUT2D eigenvalue weighted by molar-refractivity contribution is -0.920. The van der Waals surface area contributed by atoms with E-state index in [1.165, 1.54) is 24.8 Å². The van der Waals surface area contributed by atoms with Crippen molar-refractivity contribution < 1.29 is 14.0 Å². The Morgan fingerprint density at radius 1 is 1.23 bits per heavy atom. The van der Waals surface area contributed by atoms with Crippen LogP contribution in [0.2, 0.25) is 5.02 Å². The monoisotopic (exact) mass is 378 g/mol. The maximum atomic E-state index is 12.3. The summed E-state index contributed by atoms with van der Waals surface area (Å²) in [6, 6.07) is 8.01. The zero-order valence-electron chi connectivity index (χ0n) is 16.3. The topological polar surface area (TPSA) is 26.3 Å². The van der Waals surface area contributed by atoms with Gasteiger partial charge in [0.25, 0.3) is 0 Å². The molecule has 0 aromatic heterocycles. The standard InChI is InChI=1S/C22H33ClNO2/c1-3-4-16-26-22(25)18-24(13-8-5-9-14-24)15-12-19(2)17-20-10-6-7-11-21(20)23/h6-7,10-12H,3-5,8-9,13-18H2,1-2H3/q+1/b19-12-. The normalized spacial score (nSPS) is 17.1. The molecule has 1 aliphatic heterocycles. The van der Waals surface area contributed by atoms with Gasteiger partial charge in [0.1, 0.15) is 0 Å². The second-order valence-electron chi connectivity index (χ2n) is 7.58. The highest BCUT2D eigenvalue weighted by atomic mass is 35.5. The molecule has 0 unspecified atom stereocenters. The third-order valence-corrected chi connectivity index (χ3v) is 5.61. The minimum atomic E-state index is -0.0440. The number of piperidine rings is 1. The Bertz CT molecular complexity index is 606. The van der Waals surface area contributed by atoms with E-state index in [0.717, 1.165) is 54.0 Å². The third kappa shape index (κ3) is 6.77. The number of ether oxygens (including phenoxy) is 1. The molecule has 0 aliphatic carbocycles. The predicted octanol–water partition coefficient (Wildman–Crippen LogP) is 5.17. The highest BCUT2D eigenvalue weighted by Gasteiger charge is 2.32. The fourth-order valence-corrected chi connectivity index (χ4v) is 3.80. The molecular formula is C22H33ClNO2+. The number of allylic oxidation sites excluding steroid dienone is 1. The molecule has 1 heterocycles. The van der Waals surface area contributed by atoms with Crippen LogP contribution in [-0.4, -0.2) is 43.2 Å². The molecule has 1 aromatic rings. The summed E-state index contributed by atoms with van der Waals surface area (Å²) in [5.74, 6) is -0.0440.